The van der Waals surface area contributed by atoms with Crippen LogP contribution in [0.2, 0.25) is 0 Å². The average Bonchev–Trinajstić information content (AvgIpc) is 2.67. The molecule has 0 bridgehead atoms. The van der Waals surface area contributed by atoms with E-state index in [1.165, 1.54) is 11.8 Å². The molecule has 2 heterocycles. The lowest BCUT2D eigenvalue weighted by Gasteiger charge is -2.07. The Balaban J connectivity index is 1.62. The maximum atomic E-state index is 12.3. The molecule has 0 saturated carbocycles. The van der Waals surface area contributed by atoms with Gasteiger partial charge < -0.3 is 10.1 Å². The highest BCUT2D eigenvalue weighted by Gasteiger charge is 2.09. The van der Waals surface area contributed by atoms with E-state index in [9.17, 15) is 4.79 Å². The molecule has 0 spiro atoms. The standard InChI is InChI=1S/C18H16N4O2S/c1-24-14-5-3-13(4-6-14)12-22-17(23)16-11-15(7-10-19-16)25-18-20-8-2-9-21-18/h2-11H,12H2,1H3,(H,22,23). The van der Waals surface area contributed by atoms with Gasteiger partial charge in [-0.1, -0.05) is 12.1 Å². The van der Waals surface area contributed by atoms with Gasteiger partial charge in [0.15, 0.2) is 5.16 Å². The van der Waals surface area contributed by atoms with Crippen LogP contribution in [-0.2, 0) is 6.54 Å². The van der Waals surface area contributed by atoms with Crippen LogP contribution >= 0.6 is 11.8 Å². The summed E-state index contributed by atoms with van der Waals surface area (Å²) in [5, 5.41) is 3.48. The molecule has 0 unspecified atom stereocenters. The van der Waals surface area contributed by atoms with E-state index in [2.05, 4.69) is 20.3 Å². The average molecular weight is 352 g/mol. The first kappa shape index (κ1) is 16.9. The number of methoxy groups -OCH3 is 1. The molecule has 0 fully saturated rings. The number of carbonyl (C=O) groups is 1. The Morgan fingerprint density at radius 1 is 1.08 bits per heavy atom. The summed E-state index contributed by atoms with van der Waals surface area (Å²) >= 11 is 1.38. The number of hydrogen-bond donors (Lipinski definition) is 1. The second-order valence-corrected chi connectivity index (χ2v) is 6.08. The molecule has 1 N–H and O–H groups in total. The largest absolute Gasteiger partial charge is 0.497 e. The predicted molar refractivity (Wildman–Crippen MR) is 94.6 cm³/mol. The molecule has 6 nitrogen and oxygen atoms in total. The maximum Gasteiger partial charge on any atom is 0.270 e. The smallest absolute Gasteiger partial charge is 0.270 e. The van der Waals surface area contributed by atoms with Gasteiger partial charge in [0.2, 0.25) is 0 Å². The molecule has 25 heavy (non-hydrogen) atoms. The predicted octanol–water partition coefficient (Wildman–Crippen LogP) is 2.96. The van der Waals surface area contributed by atoms with Crippen molar-refractivity contribution in [2.24, 2.45) is 0 Å². The van der Waals surface area contributed by atoms with Crippen molar-refractivity contribution >= 4 is 17.7 Å². The first-order chi connectivity index (χ1) is 12.2. The Bertz CT molecular complexity index is 841. The fourth-order valence-electron chi connectivity index (χ4n) is 2.06. The second kappa shape index (κ2) is 8.25. The summed E-state index contributed by atoms with van der Waals surface area (Å²) in [6.45, 7) is 0.420. The minimum atomic E-state index is -0.229. The fraction of sp³-hybridized carbons (Fsp3) is 0.111. The summed E-state index contributed by atoms with van der Waals surface area (Å²) < 4.78 is 5.12. The van der Waals surface area contributed by atoms with Crippen molar-refractivity contribution in [2.45, 2.75) is 16.6 Å². The zero-order valence-corrected chi connectivity index (χ0v) is 14.4. The molecule has 0 atom stereocenters. The van der Waals surface area contributed by atoms with Crippen molar-refractivity contribution < 1.29 is 9.53 Å². The Kier molecular flexibility index (Phi) is 5.58. The van der Waals surface area contributed by atoms with Gasteiger partial charge in [0.1, 0.15) is 11.4 Å². The zero-order chi connectivity index (χ0) is 17.5. The number of rotatable bonds is 6. The van der Waals surface area contributed by atoms with Crippen LogP contribution < -0.4 is 10.1 Å². The third-order valence-electron chi connectivity index (χ3n) is 3.33. The Labute approximate surface area is 149 Å². The van der Waals surface area contributed by atoms with Gasteiger partial charge >= 0.3 is 0 Å². The van der Waals surface area contributed by atoms with Crippen LogP contribution in [0, 0.1) is 0 Å². The van der Waals surface area contributed by atoms with Gasteiger partial charge in [-0.15, -0.1) is 0 Å². The lowest BCUT2D eigenvalue weighted by atomic mass is 10.2. The van der Waals surface area contributed by atoms with Crippen LogP contribution in [0.4, 0.5) is 0 Å². The van der Waals surface area contributed by atoms with E-state index in [0.717, 1.165) is 16.2 Å². The number of ether oxygens (including phenoxy) is 1. The third-order valence-corrected chi connectivity index (χ3v) is 4.21. The summed E-state index contributed by atoms with van der Waals surface area (Å²) in [7, 11) is 1.62. The van der Waals surface area contributed by atoms with Gasteiger partial charge in [-0.25, -0.2) is 9.97 Å². The quantitative estimate of drug-likeness (QED) is 0.687. The van der Waals surface area contributed by atoms with Crippen LogP contribution in [0.15, 0.2) is 71.1 Å². The van der Waals surface area contributed by atoms with Crippen LogP contribution in [-0.4, -0.2) is 28.0 Å². The number of hydrogen-bond acceptors (Lipinski definition) is 6. The van der Waals surface area contributed by atoms with Crippen molar-refractivity contribution in [2.75, 3.05) is 7.11 Å². The van der Waals surface area contributed by atoms with Gasteiger partial charge in [0.05, 0.1) is 7.11 Å². The van der Waals surface area contributed by atoms with Gasteiger partial charge in [-0.3, -0.25) is 9.78 Å². The Hall–Kier alpha value is -2.93. The van der Waals surface area contributed by atoms with E-state index < -0.39 is 0 Å². The number of nitrogens with one attached hydrogen (secondary N) is 1. The number of benzene rings is 1. The highest BCUT2D eigenvalue weighted by molar-refractivity contribution is 7.99. The molecule has 1 amide bonds. The Morgan fingerprint density at radius 2 is 1.84 bits per heavy atom. The molecule has 0 aliphatic carbocycles. The van der Waals surface area contributed by atoms with Crippen molar-refractivity contribution in [3.05, 3.63) is 72.3 Å². The summed E-state index contributed by atoms with van der Waals surface area (Å²) in [5.41, 5.74) is 1.34. The molecule has 7 heteroatoms. The van der Waals surface area contributed by atoms with Gasteiger partial charge in [0, 0.05) is 30.0 Å². The van der Waals surface area contributed by atoms with Crippen molar-refractivity contribution in [1.82, 2.24) is 20.3 Å². The monoisotopic (exact) mass is 352 g/mol. The zero-order valence-electron chi connectivity index (χ0n) is 13.5. The fourth-order valence-corrected chi connectivity index (χ4v) is 2.80. The summed E-state index contributed by atoms with van der Waals surface area (Å²) in [6, 6.07) is 12.8. The number of aromatic nitrogens is 3. The first-order valence-electron chi connectivity index (χ1n) is 7.56. The Morgan fingerprint density at radius 3 is 2.56 bits per heavy atom. The SMILES string of the molecule is COc1ccc(CNC(=O)c2cc(Sc3ncccn3)ccn2)cc1. The van der Waals surface area contributed by atoms with Crippen LogP contribution in [0.25, 0.3) is 0 Å². The van der Waals surface area contributed by atoms with Crippen molar-refractivity contribution in [3.8, 4) is 5.75 Å². The highest BCUT2D eigenvalue weighted by Crippen LogP contribution is 2.23. The van der Waals surface area contributed by atoms with Gasteiger partial charge in [-0.05, 0) is 47.7 Å². The van der Waals surface area contributed by atoms with Crippen LogP contribution in [0.1, 0.15) is 16.1 Å². The molecule has 126 valence electrons. The number of amides is 1. The number of pyridine rings is 1. The van der Waals surface area contributed by atoms with E-state index in [-0.39, 0.29) is 5.91 Å². The van der Waals surface area contributed by atoms with E-state index in [0.29, 0.717) is 17.4 Å². The molecule has 0 radical (unpaired) electrons. The van der Waals surface area contributed by atoms with Crippen molar-refractivity contribution in [3.63, 3.8) is 0 Å². The minimum Gasteiger partial charge on any atom is -0.497 e. The summed E-state index contributed by atoms with van der Waals surface area (Å²) in [5.74, 6) is 0.553. The highest BCUT2D eigenvalue weighted by atomic mass is 32.2. The van der Waals surface area contributed by atoms with E-state index in [4.69, 9.17) is 4.74 Å². The molecular formula is C18H16N4O2S. The van der Waals surface area contributed by atoms with Gasteiger partial charge in [-0.2, -0.15) is 0 Å². The van der Waals surface area contributed by atoms with E-state index >= 15 is 0 Å². The molecule has 1 aromatic carbocycles. The third kappa shape index (κ3) is 4.77. The van der Waals surface area contributed by atoms with E-state index in [1.54, 1.807) is 37.8 Å². The topological polar surface area (TPSA) is 77.0 Å². The molecular weight excluding hydrogens is 336 g/mol. The number of nitrogens with zero attached hydrogens (tertiary/aromatic N) is 3. The van der Waals surface area contributed by atoms with E-state index in [1.807, 2.05) is 30.3 Å². The first-order valence-corrected chi connectivity index (χ1v) is 8.38. The number of carbonyl (C=O) groups excluding carboxylic acids is 1. The van der Waals surface area contributed by atoms with Crippen LogP contribution in [0.5, 0.6) is 5.75 Å². The molecule has 0 aliphatic heterocycles. The molecule has 3 rings (SSSR count). The van der Waals surface area contributed by atoms with Crippen molar-refractivity contribution in [1.29, 1.82) is 0 Å². The second-order valence-electron chi connectivity index (χ2n) is 5.04. The normalized spacial score (nSPS) is 10.3. The lowest BCUT2D eigenvalue weighted by Crippen LogP contribution is -2.23. The van der Waals surface area contributed by atoms with Gasteiger partial charge in [0.25, 0.3) is 5.91 Å². The van der Waals surface area contributed by atoms with Crippen LogP contribution in [0.3, 0.4) is 0 Å². The minimum absolute atomic E-state index is 0.229. The molecule has 2 aromatic heterocycles. The summed E-state index contributed by atoms with van der Waals surface area (Å²) in [4.78, 5) is 25.6. The molecule has 3 aromatic rings. The maximum absolute atomic E-state index is 12.3. The summed E-state index contributed by atoms with van der Waals surface area (Å²) in [6.07, 6.45) is 4.96. The molecule has 0 aliphatic rings. The lowest BCUT2D eigenvalue weighted by molar-refractivity contribution is 0.0945. The molecule has 0 saturated heterocycles.